The molecule has 1 amide bonds. The molecule has 0 aliphatic carbocycles. The topological polar surface area (TPSA) is 52.9 Å². The van der Waals surface area contributed by atoms with Gasteiger partial charge in [0.1, 0.15) is 5.54 Å². The number of nitrogens with one attached hydrogen (secondary N) is 1. The van der Waals surface area contributed by atoms with Gasteiger partial charge in [-0.1, -0.05) is 37.0 Å². The lowest BCUT2D eigenvalue weighted by Gasteiger charge is -2.27. The van der Waals surface area contributed by atoms with Gasteiger partial charge in [-0.2, -0.15) is 5.26 Å². The molecule has 0 radical (unpaired) electrons. The molecule has 1 aromatic carbocycles. The van der Waals surface area contributed by atoms with Gasteiger partial charge >= 0.3 is 0 Å². The summed E-state index contributed by atoms with van der Waals surface area (Å²) < 4.78 is 0. The van der Waals surface area contributed by atoms with Crippen molar-refractivity contribution in [2.75, 3.05) is 5.75 Å². The number of nitrogens with zero attached hydrogens (tertiary/aromatic N) is 1. The lowest BCUT2D eigenvalue weighted by Crippen LogP contribution is -2.49. The third kappa shape index (κ3) is 4.59. The largest absolute Gasteiger partial charge is 0.337 e. The number of rotatable bonds is 5. The molecule has 0 saturated heterocycles. The van der Waals surface area contributed by atoms with Crippen LogP contribution in [0.15, 0.2) is 23.1 Å². The molecule has 0 saturated carbocycles. The summed E-state index contributed by atoms with van der Waals surface area (Å²) in [5.74, 6) is 0.00402. The van der Waals surface area contributed by atoms with Crippen molar-refractivity contribution in [3.63, 3.8) is 0 Å². The molecule has 0 unspecified atom stereocenters. The lowest BCUT2D eigenvalue weighted by molar-refractivity contribution is -0.120. The van der Waals surface area contributed by atoms with Crippen molar-refractivity contribution in [2.24, 2.45) is 5.92 Å². The van der Waals surface area contributed by atoms with E-state index >= 15 is 0 Å². The highest BCUT2D eigenvalue weighted by Gasteiger charge is 2.29. The predicted octanol–water partition coefficient (Wildman–Crippen LogP) is 4.14. The van der Waals surface area contributed by atoms with Crippen LogP contribution in [-0.4, -0.2) is 17.2 Å². The Balaban J connectivity index is 2.65. The van der Waals surface area contributed by atoms with Crippen LogP contribution in [0.3, 0.4) is 0 Å². The minimum Gasteiger partial charge on any atom is -0.337 e. The Morgan fingerprint density at radius 1 is 1.50 bits per heavy atom. The molecule has 1 N–H and O–H groups in total. The maximum Gasteiger partial charge on any atom is 0.231 e. The van der Waals surface area contributed by atoms with Crippen LogP contribution in [0.4, 0.5) is 0 Å². The van der Waals surface area contributed by atoms with Crippen LogP contribution in [0.5, 0.6) is 0 Å². The number of thioether (sulfide) groups is 1. The van der Waals surface area contributed by atoms with E-state index < -0.39 is 5.54 Å². The fourth-order valence-corrected chi connectivity index (χ4v) is 2.65. The van der Waals surface area contributed by atoms with Gasteiger partial charge in [0.2, 0.25) is 5.91 Å². The first-order valence-corrected chi connectivity index (χ1v) is 7.82. The van der Waals surface area contributed by atoms with Crippen molar-refractivity contribution in [3.05, 3.63) is 28.2 Å². The second kappa shape index (κ2) is 7.21. The van der Waals surface area contributed by atoms with E-state index in [1.165, 1.54) is 11.8 Å². The fourth-order valence-electron chi connectivity index (χ4n) is 1.36. The zero-order valence-electron chi connectivity index (χ0n) is 11.5. The predicted molar refractivity (Wildman–Crippen MR) is 84.2 cm³/mol. The average molecular weight is 331 g/mol. The molecule has 1 aromatic rings. The molecule has 20 heavy (non-hydrogen) atoms. The normalized spacial score (nSPS) is 13.7. The summed E-state index contributed by atoms with van der Waals surface area (Å²) in [5.41, 5.74) is -0.865. The molecule has 3 nitrogen and oxygen atoms in total. The number of nitriles is 1. The molecule has 1 rings (SSSR count). The Bertz CT molecular complexity index is 542. The van der Waals surface area contributed by atoms with Crippen molar-refractivity contribution in [1.82, 2.24) is 5.32 Å². The van der Waals surface area contributed by atoms with Crippen LogP contribution < -0.4 is 5.32 Å². The monoisotopic (exact) mass is 330 g/mol. The van der Waals surface area contributed by atoms with E-state index in [-0.39, 0.29) is 17.6 Å². The van der Waals surface area contributed by atoms with Crippen LogP contribution in [-0.2, 0) is 4.79 Å². The van der Waals surface area contributed by atoms with E-state index in [1.54, 1.807) is 25.1 Å². The van der Waals surface area contributed by atoms with E-state index in [0.717, 1.165) is 4.90 Å². The number of carbonyl (C=O) groups is 1. The third-order valence-electron chi connectivity index (χ3n) is 3.04. The first-order valence-electron chi connectivity index (χ1n) is 6.08. The summed E-state index contributed by atoms with van der Waals surface area (Å²) in [5, 5.41) is 13.0. The van der Waals surface area contributed by atoms with Gasteiger partial charge in [-0.25, -0.2) is 0 Å². The van der Waals surface area contributed by atoms with Crippen LogP contribution >= 0.6 is 35.0 Å². The molecule has 108 valence electrons. The molecular formula is C14H16Cl2N2OS. The van der Waals surface area contributed by atoms with Crippen molar-refractivity contribution in [1.29, 1.82) is 5.26 Å². The summed E-state index contributed by atoms with van der Waals surface area (Å²) in [7, 11) is 0. The van der Waals surface area contributed by atoms with E-state index in [0.29, 0.717) is 10.0 Å². The molecule has 6 heteroatoms. The maximum atomic E-state index is 11.9. The summed E-state index contributed by atoms with van der Waals surface area (Å²) in [6.07, 6.45) is 0. The third-order valence-corrected chi connectivity index (χ3v) is 4.77. The van der Waals surface area contributed by atoms with Crippen molar-refractivity contribution < 1.29 is 4.79 Å². The van der Waals surface area contributed by atoms with Crippen LogP contribution in [0, 0.1) is 17.2 Å². The molecule has 1 atom stereocenters. The first kappa shape index (κ1) is 17.2. The van der Waals surface area contributed by atoms with E-state index in [9.17, 15) is 4.79 Å². The van der Waals surface area contributed by atoms with Gasteiger partial charge in [-0.3, -0.25) is 4.79 Å². The second-order valence-corrected chi connectivity index (χ2v) is 6.74. The highest BCUT2D eigenvalue weighted by atomic mass is 35.5. The lowest BCUT2D eigenvalue weighted by atomic mass is 9.90. The highest BCUT2D eigenvalue weighted by Crippen LogP contribution is 2.29. The van der Waals surface area contributed by atoms with Gasteiger partial charge in [-0.15, -0.1) is 11.8 Å². The molecular weight excluding hydrogens is 315 g/mol. The zero-order chi connectivity index (χ0) is 15.3. The molecule has 0 bridgehead atoms. The minimum absolute atomic E-state index is 0.0243. The summed E-state index contributed by atoms with van der Waals surface area (Å²) >= 11 is 13.2. The number of halogens is 2. The van der Waals surface area contributed by atoms with Gasteiger partial charge in [0.05, 0.1) is 16.8 Å². The van der Waals surface area contributed by atoms with Crippen molar-refractivity contribution >= 4 is 40.9 Å². The SMILES string of the molecule is CC(C)[C@](C)(C#N)NC(=O)CSc1cc(Cl)ccc1Cl. The molecule has 0 aliphatic heterocycles. The molecule has 0 fully saturated rings. The minimum atomic E-state index is -0.865. The summed E-state index contributed by atoms with van der Waals surface area (Å²) in [4.78, 5) is 12.7. The highest BCUT2D eigenvalue weighted by molar-refractivity contribution is 8.00. The number of benzene rings is 1. The summed E-state index contributed by atoms with van der Waals surface area (Å²) in [6, 6.07) is 7.24. The smallest absolute Gasteiger partial charge is 0.231 e. The van der Waals surface area contributed by atoms with Gasteiger partial charge in [-0.05, 0) is 31.0 Å². The number of hydrogen-bond donors (Lipinski definition) is 1. The molecule has 0 aromatic heterocycles. The van der Waals surface area contributed by atoms with Crippen LogP contribution in [0.1, 0.15) is 20.8 Å². The van der Waals surface area contributed by atoms with Crippen LogP contribution in [0.25, 0.3) is 0 Å². The second-order valence-electron chi connectivity index (χ2n) is 4.88. The Morgan fingerprint density at radius 2 is 2.15 bits per heavy atom. The summed E-state index contributed by atoms with van der Waals surface area (Å²) in [6.45, 7) is 5.50. The van der Waals surface area contributed by atoms with Crippen LogP contribution in [0.2, 0.25) is 10.0 Å². The Labute approximate surface area is 133 Å². The van der Waals surface area contributed by atoms with E-state index in [1.807, 2.05) is 13.8 Å². The number of amides is 1. The first-order chi connectivity index (χ1) is 9.28. The van der Waals surface area contributed by atoms with Gasteiger partial charge in [0.15, 0.2) is 0 Å². The Hall–Kier alpha value is -0.890. The van der Waals surface area contributed by atoms with E-state index in [4.69, 9.17) is 28.5 Å². The Kier molecular flexibility index (Phi) is 6.19. The number of carbonyl (C=O) groups excluding carboxylic acids is 1. The maximum absolute atomic E-state index is 11.9. The quantitative estimate of drug-likeness (QED) is 0.825. The molecule has 0 spiro atoms. The van der Waals surface area contributed by atoms with Gasteiger partial charge < -0.3 is 5.32 Å². The zero-order valence-corrected chi connectivity index (χ0v) is 13.9. The molecule has 0 aliphatic rings. The average Bonchev–Trinajstić information content (AvgIpc) is 2.39. The van der Waals surface area contributed by atoms with Gasteiger partial charge in [0, 0.05) is 9.92 Å². The number of hydrogen-bond acceptors (Lipinski definition) is 3. The molecule has 0 heterocycles. The van der Waals surface area contributed by atoms with E-state index in [2.05, 4.69) is 11.4 Å². The van der Waals surface area contributed by atoms with Crippen molar-refractivity contribution in [2.45, 2.75) is 31.2 Å². The fraction of sp³-hybridized carbons (Fsp3) is 0.429. The van der Waals surface area contributed by atoms with Gasteiger partial charge in [0.25, 0.3) is 0 Å². The standard InChI is InChI=1S/C14H16Cl2N2OS/c1-9(2)14(3,8-17)18-13(19)7-20-12-6-10(15)4-5-11(12)16/h4-6,9H,7H2,1-3H3,(H,18,19)/t14-/m0/s1. The van der Waals surface area contributed by atoms with Crippen molar-refractivity contribution in [3.8, 4) is 6.07 Å². The Morgan fingerprint density at radius 3 is 2.70 bits per heavy atom.